The van der Waals surface area contributed by atoms with Gasteiger partial charge in [0.05, 0.1) is 5.56 Å². The third kappa shape index (κ3) is 3.19. The van der Waals surface area contributed by atoms with Gasteiger partial charge in [0.15, 0.2) is 17.7 Å². The van der Waals surface area contributed by atoms with Crippen LogP contribution in [0.2, 0.25) is 0 Å². The standard InChI is InChI=1S/C12H14FNO4/c1-7(11(15)14(2)3)18-10-5-4-8(12(16)17)6-9(10)13/h4-7H,1-3H3,(H,16,17). The molecule has 1 aromatic carbocycles. The van der Waals surface area contributed by atoms with E-state index in [-0.39, 0.29) is 17.2 Å². The van der Waals surface area contributed by atoms with E-state index in [0.717, 1.165) is 6.07 Å². The van der Waals surface area contributed by atoms with Crippen molar-refractivity contribution in [3.8, 4) is 5.75 Å². The Morgan fingerprint density at radius 2 is 2.00 bits per heavy atom. The van der Waals surface area contributed by atoms with Crippen molar-refractivity contribution in [3.63, 3.8) is 0 Å². The van der Waals surface area contributed by atoms with Crippen molar-refractivity contribution in [1.29, 1.82) is 0 Å². The molecule has 0 radical (unpaired) electrons. The van der Waals surface area contributed by atoms with Crippen LogP contribution < -0.4 is 4.74 Å². The van der Waals surface area contributed by atoms with E-state index in [1.165, 1.54) is 24.0 Å². The summed E-state index contributed by atoms with van der Waals surface area (Å²) < 4.78 is 18.7. The summed E-state index contributed by atoms with van der Waals surface area (Å²) in [5, 5.41) is 8.67. The van der Waals surface area contributed by atoms with E-state index in [9.17, 15) is 14.0 Å². The van der Waals surface area contributed by atoms with Crippen LogP contribution in [0.3, 0.4) is 0 Å². The Bertz CT molecular complexity index is 473. The monoisotopic (exact) mass is 255 g/mol. The highest BCUT2D eigenvalue weighted by Gasteiger charge is 2.18. The van der Waals surface area contributed by atoms with Gasteiger partial charge in [0.25, 0.3) is 5.91 Å². The number of carbonyl (C=O) groups is 2. The first-order valence-corrected chi connectivity index (χ1v) is 5.23. The second kappa shape index (κ2) is 5.48. The van der Waals surface area contributed by atoms with Gasteiger partial charge in [-0.2, -0.15) is 0 Å². The van der Waals surface area contributed by atoms with Gasteiger partial charge >= 0.3 is 5.97 Å². The maximum atomic E-state index is 13.5. The van der Waals surface area contributed by atoms with Crippen molar-refractivity contribution in [2.24, 2.45) is 0 Å². The lowest BCUT2D eigenvalue weighted by Gasteiger charge is -2.18. The molecule has 1 rings (SSSR count). The van der Waals surface area contributed by atoms with Crippen LogP contribution in [0.1, 0.15) is 17.3 Å². The number of halogens is 1. The van der Waals surface area contributed by atoms with Gasteiger partial charge in [-0.25, -0.2) is 9.18 Å². The summed E-state index contributed by atoms with van der Waals surface area (Å²) in [4.78, 5) is 23.5. The fraction of sp³-hybridized carbons (Fsp3) is 0.333. The summed E-state index contributed by atoms with van der Waals surface area (Å²) in [7, 11) is 3.12. The van der Waals surface area contributed by atoms with Gasteiger partial charge in [-0.05, 0) is 25.1 Å². The van der Waals surface area contributed by atoms with Gasteiger partial charge in [0.2, 0.25) is 0 Å². The normalized spacial score (nSPS) is 11.8. The highest BCUT2D eigenvalue weighted by atomic mass is 19.1. The topological polar surface area (TPSA) is 66.8 Å². The molecule has 98 valence electrons. The first-order chi connectivity index (χ1) is 8.32. The Labute approximate surface area is 104 Å². The summed E-state index contributed by atoms with van der Waals surface area (Å²) >= 11 is 0. The predicted molar refractivity (Wildman–Crippen MR) is 62.1 cm³/mol. The van der Waals surface area contributed by atoms with E-state index in [0.29, 0.717) is 0 Å². The van der Waals surface area contributed by atoms with Crippen molar-refractivity contribution in [1.82, 2.24) is 4.90 Å². The minimum atomic E-state index is -1.22. The average molecular weight is 255 g/mol. The third-order valence-corrected chi connectivity index (χ3v) is 2.27. The first kappa shape index (κ1) is 14.0. The average Bonchev–Trinajstić information content (AvgIpc) is 2.30. The molecular formula is C12H14FNO4. The Morgan fingerprint density at radius 1 is 1.39 bits per heavy atom. The molecule has 0 saturated heterocycles. The molecule has 1 amide bonds. The summed E-state index contributed by atoms with van der Waals surface area (Å²) in [5.74, 6) is -2.49. The van der Waals surface area contributed by atoms with E-state index in [1.807, 2.05) is 0 Å². The fourth-order valence-electron chi connectivity index (χ4n) is 1.33. The molecule has 0 spiro atoms. The molecule has 0 aliphatic carbocycles. The van der Waals surface area contributed by atoms with E-state index in [2.05, 4.69) is 0 Å². The number of rotatable bonds is 4. The SMILES string of the molecule is CC(Oc1ccc(C(=O)O)cc1F)C(=O)N(C)C. The van der Waals surface area contributed by atoms with Crippen molar-refractivity contribution in [2.45, 2.75) is 13.0 Å². The third-order valence-electron chi connectivity index (χ3n) is 2.27. The van der Waals surface area contributed by atoms with Gasteiger partial charge in [-0.1, -0.05) is 0 Å². The lowest BCUT2D eigenvalue weighted by molar-refractivity contribution is -0.135. The summed E-state index contributed by atoms with van der Waals surface area (Å²) in [6.07, 6.45) is -0.842. The van der Waals surface area contributed by atoms with Crippen molar-refractivity contribution in [3.05, 3.63) is 29.6 Å². The summed E-state index contributed by atoms with van der Waals surface area (Å²) in [6.45, 7) is 1.49. The number of carboxylic acids is 1. The second-order valence-corrected chi connectivity index (χ2v) is 3.94. The van der Waals surface area contributed by atoms with E-state index in [1.54, 1.807) is 14.1 Å². The molecule has 0 fully saturated rings. The summed E-state index contributed by atoms with van der Waals surface area (Å²) in [6, 6.07) is 3.26. The Balaban J connectivity index is 2.86. The van der Waals surface area contributed by atoms with Gasteiger partial charge < -0.3 is 14.7 Å². The maximum Gasteiger partial charge on any atom is 0.335 e. The van der Waals surface area contributed by atoms with E-state index in [4.69, 9.17) is 9.84 Å². The molecule has 1 unspecified atom stereocenters. The van der Waals surface area contributed by atoms with Crippen LogP contribution in [0.25, 0.3) is 0 Å². The number of ether oxygens (including phenoxy) is 1. The number of hydrogen-bond donors (Lipinski definition) is 1. The van der Waals surface area contributed by atoms with Gasteiger partial charge in [-0.15, -0.1) is 0 Å². The van der Waals surface area contributed by atoms with Gasteiger partial charge in [0.1, 0.15) is 0 Å². The number of amides is 1. The number of carbonyl (C=O) groups excluding carboxylic acids is 1. The minimum Gasteiger partial charge on any atom is -0.478 e. The molecule has 0 aliphatic rings. The smallest absolute Gasteiger partial charge is 0.335 e. The molecule has 18 heavy (non-hydrogen) atoms. The first-order valence-electron chi connectivity index (χ1n) is 5.23. The molecule has 6 heteroatoms. The molecule has 5 nitrogen and oxygen atoms in total. The number of nitrogens with zero attached hydrogens (tertiary/aromatic N) is 1. The van der Waals surface area contributed by atoms with Crippen LogP contribution in [0.4, 0.5) is 4.39 Å². The Kier molecular flexibility index (Phi) is 4.25. The maximum absolute atomic E-state index is 13.5. The molecule has 1 aromatic rings. The second-order valence-electron chi connectivity index (χ2n) is 3.94. The fourth-order valence-corrected chi connectivity index (χ4v) is 1.33. The zero-order chi connectivity index (χ0) is 13.9. The van der Waals surface area contributed by atoms with Gasteiger partial charge in [0, 0.05) is 14.1 Å². The van der Waals surface area contributed by atoms with Crippen LogP contribution in [-0.4, -0.2) is 42.1 Å². The molecule has 0 aliphatic heterocycles. The Morgan fingerprint density at radius 3 is 2.44 bits per heavy atom. The number of carboxylic acid groups (broad SMARTS) is 1. The molecule has 1 atom stereocenters. The quantitative estimate of drug-likeness (QED) is 0.882. The number of hydrogen-bond acceptors (Lipinski definition) is 3. The lowest BCUT2D eigenvalue weighted by atomic mass is 10.2. The zero-order valence-corrected chi connectivity index (χ0v) is 10.3. The molecule has 0 bridgehead atoms. The van der Waals surface area contributed by atoms with Gasteiger partial charge in [-0.3, -0.25) is 4.79 Å². The largest absolute Gasteiger partial charge is 0.478 e. The van der Waals surface area contributed by atoms with Crippen LogP contribution in [0.15, 0.2) is 18.2 Å². The highest BCUT2D eigenvalue weighted by Crippen LogP contribution is 2.20. The number of aromatic carboxylic acids is 1. The van der Waals surface area contributed by atoms with Crippen molar-refractivity contribution < 1.29 is 23.8 Å². The van der Waals surface area contributed by atoms with Crippen LogP contribution >= 0.6 is 0 Å². The minimum absolute atomic E-state index is 0.150. The lowest BCUT2D eigenvalue weighted by Crippen LogP contribution is -2.35. The molecule has 1 N–H and O–H groups in total. The zero-order valence-electron chi connectivity index (χ0n) is 10.3. The molecule has 0 saturated carbocycles. The summed E-state index contributed by atoms with van der Waals surface area (Å²) in [5.41, 5.74) is -0.175. The van der Waals surface area contributed by atoms with E-state index >= 15 is 0 Å². The van der Waals surface area contributed by atoms with Crippen molar-refractivity contribution >= 4 is 11.9 Å². The Hall–Kier alpha value is -2.11. The number of likely N-dealkylation sites (N-methyl/N-ethyl adjacent to an activating group) is 1. The molecule has 0 heterocycles. The van der Waals surface area contributed by atoms with Crippen LogP contribution in [-0.2, 0) is 4.79 Å². The van der Waals surface area contributed by atoms with Crippen LogP contribution in [0, 0.1) is 5.82 Å². The predicted octanol–water partition coefficient (Wildman–Crippen LogP) is 1.38. The molecular weight excluding hydrogens is 241 g/mol. The molecule has 0 aromatic heterocycles. The number of benzene rings is 1. The highest BCUT2D eigenvalue weighted by molar-refractivity contribution is 5.87. The van der Waals surface area contributed by atoms with E-state index < -0.39 is 17.9 Å². The van der Waals surface area contributed by atoms with Crippen molar-refractivity contribution in [2.75, 3.05) is 14.1 Å². The van der Waals surface area contributed by atoms with Crippen LogP contribution in [0.5, 0.6) is 5.75 Å².